The fourth-order valence-electron chi connectivity index (χ4n) is 3.44. The minimum atomic E-state index is -0.0435. The lowest BCUT2D eigenvalue weighted by Gasteiger charge is -2.29. The Hall–Kier alpha value is -2.42. The molecule has 2 aromatic carbocycles. The van der Waals surface area contributed by atoms with Crippen LogP contribution in [-0.2, 0) is 0 Å². The molecule has 0 spiro atoms. The van der Waals surface area contributed by atoms with Crippen LogP contribution in [0.15, 0.2) is 42.5 Å². The van der Waals surface area contributed by atoms with Crippen molar-refractivity contribution in [2.24, 2.45) is 0 Å². The Morgan fingerprint density at radius 3 is 1.88 bits per heavy atom. The van der Waals surface area contributed by atoms with E-state index in [-0.39, 0.29) is 11.6 Å². The summed E-state index contributed by atoms with van der Waals surface area (Å²) in [5, 5.41) is 0. The normalized spacial score (nSPS) is 12.7. The smallest absolute Gasteiger partial charge is 0.196 e. The highest BCUT2D eigenvalue weighted by atomic mass is 16.1. The van der Waals surface area contributed by atoms with E-state index in [4.69, 9.17) is 0 Å². The maximum absolute atomic E-state index is 13.1. The summed E-state index contributed by atoms with van der Waals surface area (Å²) in [5.74, 6) is -0.0724. The molecule has 0 heterocycles. The van der Waals surface area contributed by atoms with Crippen LogP contribution < -0.4 is 4.90 Å². The maximum Gasteiger partial charge on any atom is 0.196 e. The largest absolute Gasteiger partial charge is 0.371 e. The van der Waals surface area contributed by atoms with Gasteiger partial charge in [-0.25, -0.2) is 0 Å². The van der Waals surface area contributed by atoms with Gasteiger partial charge in [-0.15, -0.1) is 0 Å². The molecule has 3 rings (SSSR count). The molecule has 0 amide bonds. The van der Waals surface area contributed by atoms with E-state index in [0.29, 0.717) is 22.3 Å². The lowest BCUT2D eigenvalue weighted by atomic mass is 9.83. The Bertz CT molecular complexity index is 786. The quantitative estimate of drug-likeness (QED) is 0.618. The van der Waals surface area contributed by atoms with Gasteiger partial charge in [0.05, 0.1) is 5.56 Å². The van der Waals surface area contributed by atoms with E-state index in [9.17, 15) is 9.59 Å². The molecule has 25 heavy (non-hydrogen) atoms. The van der Waals surface area contributed by atoms with Crippen LogP contribution in [0.4, 0.5) is 5.69 Å². The van der Waals surface area contributed by atoms with Crippen molar-refractivity contribution in [3.8, 4) is 0 Å². The summed E-state index contributed by atoms with van der Waals surface area (Å²) < 4.78 is 0. The van der Waals surface area contributed by atoms with Gasteiger partial charge in [-0.1, -0.05) is 63.1 Å². The third-order valence-electron chi connectivity index (χ3n) is 4.83. The lowest BCUT2D eigenvalue weighted by Crippen LogP contribution is -2.30. The van der Waals surface area contributed by atoms with Gasteiger partial charge in [0.25, 0.3) is 0 Å². The number of benzene rings is 2. The summed E-state index contributed by atoms with van der Waals surface area (Å²) >= 11 is 0. The minimum absolute atomic E-state index is 0.0289. The van der Waals surface area contributed by atoms with Crippen LogP contribution >= 0.6 is 0 Å². The molecule has 0 radical (unpaired) electrons. The van der Waals surface area contributed by atoms with Crippen LogP contribution in [0.3, 0.4) is 0 Å². The summed E-state index contributed by atoms with van der Waals surface area (Å²) in [4.78, 5) is 28.3. The van der Waals surface area contributed by atoms with Gasteiger partial charge in [-0.2, -0.15) is 0 Å². The molecule has 130 valence electrons. The van der Waals surface area contributed by atoms with Crippen molar-refractivity contribution < 1.29 is 9.59 Å². The van der Waals surface area contributed by atoms with Crippen molar-refractivity contribution >= 4 is 17.3 Å². The molecule has 0 aliphatic heterocycles. The maximum atomic E-state index is 13.1. The van der Waals surface area contributed by atoms with E-state index in [1.807, 2.05) is 24.3 Å². The lowest BCUT2D eigenvalue weighted by molar-refractivity contribution is 0.0979. The average molecular weight is 335 g/mol. The Balaban J connectivity index is 2.08. The summed E-state index contributed by atoms with van der Waals surface area (Å²) in [6.45, 7) is 6.17. The van der Waals surface area contributed by atoms with Gasteiger partial charge in [0.2, 0.25) is 0 Å². The predicted octanol–water partition coefficient (Wildman–Crippen LogP) is 4.87. The van der Waals surface area contributed by atoms with Gasteiger partial charge in [0.15, 0.2) is 11.6 Å². The van der Waals surface area contributed by atoms with Crippen molar-refractivity contribution in [3.05, 3.63) is 64.7 Å². The van der Waals surface area contributed by atoms with Crippen LogP contribution in [0, 0.1) is 0 Å². The molecule has 0 bridgehead atoms. The number of anilines is 1. The number of nitrogens with zero attached hydrogens (tertiary/aromatic N) is 1. The SMILES string of the molecule is CCCCN(CCCC)c1cccc2c1C(=O)c1ccccc1C2=O. The number of hydrogen-bond acceptors (Lipinski definition) is 3. The van der Waals surface area contributed by atoms with Crippen molar-refractivity contribution in [2.45, 2.75) is 39.5 Å². The van der Waals surface area contributed by atoms with Crippen LogP contribution in [0.1, 0.15) is 71.4 Å². The summed E-state index contributed by atoms with van der Waals surface area (Å²) in [7, 11) is 0. The highest BCUT2D eigenvalue weighted by Gasteiger charge is 2.32. The molecule has 1 aliphatic rings. The van der Waals surface area contributed by atoms with Gasteiger partial charge in [0.1, 0.15) is 0 Å². The molecule has 0 atom stereocenters. The van der Waals surface area contributed by atoms with E-state index in [2.05, 4.69) is 18.7 Å². The standard InChI is InChI=1S/C22H25NO2/c1-3-5-14-23(15-6-4-2)19-13-9-12-18-20(19)22(25)17-11-8-7-10-16(17)21(18)24/h7-13H,3-6,14-15H2,1-2H3. The second-order valence-corrected chi connectivity index (χ2v) is 6.60. The van der Waals surface area contributed by atoms with E-state index in [0.717, 1.165) is 44.5 Å². The topological polar surface area (TPSA) is 37.4 Å². The Morgan fingerprint density at radius 1 is 0.720 bits per heavy atom. The summed E-state index contributed by atoms with van der Waals surface area (Å²) in [5.41, 5.74) is 3.08. The van der Waals surface area contributed by atoms with Gasteiger partial charge >= 0.3 is 0 Å². The fourth-order valence-corrected chi connectivity index (χ4v) is 3.44. The van der Waals surface area contributed by atoms with Gasteiger partial charge < -0.3 is 4.90 Å². The number of rotatable bonds is 7. The number of carbonyl (C=O) groups is 2. The first kappa shape index (κ1) is 17.4. The Kier molecular flexibility index (Phi) is 5.32. The molecule has 2 aromatic rings. The molecule has 0 saturated carbocycles. The molecule has 0 unspecified atom stereocenters. The molecule has 0 saturated heterocycles. The zero-order chi connectivity index (χ0) is 17.8. The molecule has 1 aliphatic carbocycles. The zero-order valence-electron chi connectivity index (χ0n) is 15.0. The molecular formula is C22H25NO2. The number of hydrogen-bond donors (Lipinski definition) is 0. The third-order valence-corrected chi connectivity index (χ3v) is 4.83. The molecule has 0 N–H and O–H groups in total. The number of carbonyl (C=O) groups excluding carboxylic acids is 2. The average Bonchev–Trinajstić information content (AvgIpc) is 2.66. The minimum Gasteiger partial charge on any atom is -0.371 e. The van der Waals surface area contributed by atoms with Crippen molar-refractivity contribution in [2.75, 3.05) is 18.0 Å². The molecule has 3 heteroatoms. The van der Waals surface area contributed by atoms with Crippen molar-refractivity contribution in [1.82, 2.24) is 0 Å². The van der Waals surface area contributed by atoms with E-state index in [1.165, 1.54) is 0 Å². The van der Waals surface area contributed by atoms with Crippen molar-refractivity contribution in [1.29, 1.82) is 0 Å². The first-order valence-corrected chi connectivity index (χ1v) is 9.25. The monoisotopic (exact) mass is 335 g/mol. The van der Waals surface area contributed by atoms with E-state index >= 15 is 0 Å². The van der Waals surface area contributed by atoms with E-state index < -0.39 is 0 Å². The van der Waals surface area contributed by atoms with Crippen molar-refractivity contribution in [3.63, 3.8) is 0 Å². The van der Waals surface area contributed by atoms with Crippen LogP contribution in [0.2, 0.25) is 0 Å². The van der Waals surface area contributed by atoms with Crippen LogP contribution in [0.25, 0.3) is 0 Å². The fraction of sp³-hybridized carbons (Fsp3) is 0.364. The Labute approximate surface area is 149 Å². The number of unbranched alkanes of at least 4 members (excludes halogenated alkanes) is 2. The number of ketones is 2. The predicted molar refractivity (Wildman–Crippen MR) is 102 cm³/mol. The number of fused-ring (bicyclic) bond motifs is 2. The van der Waals surface area contributed by atoms with E-state index in [1.54, 1.807) is 18.2 Å². The second kappa shape index (κ2) is 7.64. The van der Waals surface area contributed by atoms with Gasteiger partial charge in [0, 0.05) is 35.5 Å². The summed E-state index contributed by atoms with van der Waals surface area (Å²) in [6, 6.07) is 12.8. The molecular weight excluding hydrogens is 310 g/mol. The van der Waals surface area contributed by atoms with Crippen LogP contribution in [-0.4, -0.2) is 24.7 Å². The van der Waals surface area contributed by atoms with Gasteiger partial charge in [-0.3, -0.25) is 9.59 Å². The molecule has 3 nitrogen and oxygen atoms in total. The van der Waals surface area contributed by atoms with Crippen LogP contribution in [0.5, 0.6) is 0 Å². The summed E-state index contributed by atoms with van der Waals surface area (Å²) in [6.07, 6.45) is 4.36. The first-order chi connectivity index (χ1) is 12.2. The highest BCUT2D eigenvalue weighted by Crippen LogP contribution is 2.34. The Morgan fingerprint density at radius 2 is 1.28 bits per heavy atom. The molecule has 0 aromatic heterocycles. The van der Waals surface area contributed by atoms with Gasteiger partial charge in [-0.05, 0) is 18.9 Å². The first-order valence-electron chi connectivity index (χ1n) is 9.25. The zero-order valence-corrected chi connectivity index (χ0v) is 15.0. The highest BCUT2D eigenvalue weighted by molar-refractivity contribution is 6.30. The second-order valence-electron chi connectivity index (χ2n) is 6.60. The molecule has 0 fully saturated rings. The third kappa shape index (κ3) is 3.23.